The molecule has 0 aliphatic heterocycles. The number of fused-ring (bicyclic) bond motifs is 2. The molecule has 1 aromatic rings. The molecule has 2 aliphatic carbocycles. The number of rotatable bonds is 4. The van der Waals surface area contributed by atoms with E-state index < -0.39 is 0 Å². The van der Waals surface area contributed by atoms with Crippen LogP contribution in [0, 0.1) is 17.8 Å². The van der Waals surface area contributed by atoms with Crippen molar-refractivity contribution in [2.24, 2.45) is 17.8 Å². The molecule has 3 rings (SSSR count). The van der Waals surface area contributed by atoms with Crippen LogP contribution in [0.15, 0.2) is 22.7 Å². The predicted molar refractivity (Wildman–Crippen MR) is 89.1 cm³/mol. The lowest BCUT2D eigenvalue weighted by atomic mass is 9.67. The molecule has 2 fully saturated rings. The second-order valence-electron chi connectivity index (χ2n) is 6.46. The van der Waals surface area contributed by atoms with Gasteiger partial charge in [0.05, 0.1) is 13.0 Å². The smallest absolute Gasteiger partial charge is 0.309 e. The van der Waals surface area contributed by atoms with E-state index in [4.69, 9.17) is 9.47 Å². The third-order valence-corrected chi connectivity index (χ3v) is 5.49. The van der Waals surface area contributed by atoms with Gasteiger partial charge in [0.2, 0.25) is 0 Å². The Morgan fingerprint density at radius 3 is 2.61 bits per heavy atom. The van der Waals surface area contributed by atoms with E-state index in [1.54, 1.807) is 7.11 Å². The Morgan fingerprint density at radius 1 is 1.26 bits per heavy atom. The van der Waals surface area contributed by atoms with Gasteiger partial charge in [-0.3, -0.25) is 9.59 Å². The van der Waals surface area contributed by atoms with E-state index >= 15 is 0 Å². The van der Waals surface area contributed by atoms with Crippen molar-refractivity contribution in [3.8, 4) is 5.75 Å². The summed E-state index contributed by atoms with van der Waals surface area (Å²) in [6, 6.07) is 5.63. The van der Waals surface area contributed by atoms with Gasteiger partial charge in [-0.1, -0.05) is 22.4 Å². The minimum absolute atomic E-state index is 0.0699. The van der Waals surface area contributed by atoms with Gasteiger partial charge in [0.25, 0.3) is 0 Å². The fourth-order valence-electron chi connectivity index (χ4n) is 3.80. The molecular weight excluding hydrogens is 360 g/mol. The SMILES string of the molecule is COc1ccc(Br)cc1COC(=O)C1CC2CCCC(C1)C2=O. The molecule has 5 heteroatoms. The average Bonchev–Trinajstić information content (AvgIpc) is 2.52. The van der Waals surface area contributed by atoms with Gasteiger partial charge >= 0.3 is 5.97 Å². The van der Waals surface area contributed by atoms with Crippen LogP contribution < -0.4 is 4.74 Å². The molecule has 4 nitrogen and oxygen atoms in total. The highest BCUT2D eigenvalue weighted by atomic mass is 79.9. The zero-order valence-corrected chi connectivity index (χ0v) is 14.8. The molecule has 2 bridgehead atoms. The number of benzene rings is 1. The van der Waals surface area contributed by atoms with E-state index in [-0.39, 0.29) is 30.3 Å². The van der Waals surface area contributed by atoms with Crippen LogP contribution in [-0.2, 0) is 20.9 Å². The minimum Gasteiger partial charge on any atom is -0.496 e. The van der Waals surface area contributed by atoms with Crippen molar-refractivity contribution in [3.63, 3.8) is 0 Å². The maximum absolute atomic E-state index is 12.4. The highest BCUT2D eigenvalue weighted by Crippen LogP contribution is 2.40. The number of methoxy groups -OCH3 is 1. The highest BCUT2D eigenvalue weighted by molar-refractivity contribution is 9.10. The average molecular weight is 381 g/mol. The van der Waals surface area contributed by atoms with Crippen LogP contribution in [0.5, 0.6) is 5.75 Å². The lowest BCUT2D eigenvalue weighted by Crippen LogP contribution is -2.39. The number of ketones is 1. The summed E-state index contributed by atoms with van der Waals surface area (Å²) >= 11 is 3.41. The number of esters is 1. The molecule has 23 heavy (non-hydrogen) atoms. The third kappa shape index (κ3) is 3.60. The van der Waals surface area contributed by atoms with Gasteiger partial charge in [0, 0.05) is 21.9 Å². The van der Waals surface area contributed by atoms with Gasteiger partial charge in [-0.2, -0.15) is 0 Å². The summed E-state index contributed by atoms with van der Waals surface area (Å²) < 4.78 is 11.7. The Hall–Kier alpha value is -1.36. The Kier molecular flexibility index (Phi) is 5.05. The molecule has 0 aromatic heterocycles. The van der Waals surface area contributed by atoms with E-state index in [1.165, 1.54) is 0 Å². The van der Waals surface area contributed by atoms with Crippen LogP contribution in [0.1, 0.15) is 37.7 Å². The first-order valence-electron chi connectivity index (χ1n) is 8.11. The molecule has 1 aromatic carbocycles. The van der Waals surface area contributed by atoms with Gasteiger partial charge in [0.15, 0.2) is 0 Å². The normalized spacial score (nSPS) is 26.7. The van der Waals surface area contributed by atoms with E-state index in [0.717, 1.165) is 29.3 Å². The molecule has 0 saturated heterocycles. The van der Waals surface area contributed by atoms with Gasteiger partial charge in [0.1, 0.15) is 18.1 Å². The molecule has 124 valence electrons. The van der Waals surface area contributed by atoms with Crippen molar-refractivity contribution < 1.29 is 19.1 Å². The Bertz CT molecular complexity index is 597. The summed E-state index contributed by atoms with van der Waals surface area (Å²) in [4.78, 5) is 24.5. The molecule has 0 spiro atoms. The Balaban J connectivity index is 1.62. The van der Waals surface area contributed by atoms with Gasteiger partial charge < -0.3 is 9.47 Å². The lowest BCUT2D eigenvalue weighted by molar-refractivity contribution is -0.154. The van der Waals surface area contributed by atoms with Crippen LogP contribution >= 0.6 is 15.9 Å². The van der Waals surface area contributed by atoms with Gasteiger partial charge in [-0.15, -0.1) is 0 Å². The monoisotopic (exact) mass is 380 g/mol. The maximum Gasteiger partial charge on any atom is 0.309 e. The standard InChI is InChI=1S/C18H21BrO4/c1-22-16-6-5-15(19)9-14(16)10-23-18(21)13-7-11-3-2-4-12(8-13)17(11)20/h5-6,9,11-13H,2-4,7-8,10H2,1H3. The first-order valence-corrected chi connectivity index (χ1v) is 8.90. The molecule has 0 radical (unpaired) electrons. The van der Waals surface area contributed by atoms with E-state index in [0.29, 0.717) is 24.4 Å². The number of halogens is 1. The summed E-state index contributed by atoms with van der Waals surface area (Å²) in [6.45, 7) is 0.196. The summed E-state index contributed by atoms with van der Waals surface area (Å²) in [5, 5.41) is 0. The molecule has 2 unspecified atom stereocenters. The first kappa shape index (κ1) is 16.5. The maximum atomic E-state index is 12.4. The number of hydrogen-bond donors (Lipinski definition) is 0. The summed E-state index contributed by atoms with van der Waals surface area (Å²) in [7, 11) is 1.60. The second kappa shape index (κ2) is 7.04. The van der Waals surface area contributed by atoms with E-state index in [2.05, 4.69) is 15.9 Å². The first-order chi connectivity index (χ1) is 11.1. The van der Waals surface area contributed by atoms with Gasteiger partial charge in [-0.25, -0.2) is 0 Å². The van der Waals surface area contributed by atoms with Crippen LogP contribution in [0.2, 0.25) is 0 Å². The molecule has 2 atom stereocenters. The number of ether oxygens (including phenoxy) is 2. The van der Waals surface area contributed by atoms with E-state index in [1.807, 2.05) is 18.2 Å². The van der Waals surface area contributed by atoms with Crippen molar-refractivity contribution in [1.82, 2.24) is 0 Å². The Morgan fingerprint density at radius 2 is 1.96 bits per heavy atom. The molecule has 2 aliphatic rings. The number of carbonyl (C=O) groups excluding carboxylic acids is 2. The largest absolute Gasteiger partial charge is 0.496 e. The zero-order valence-electron chi connectivity index (χ0n) is 13.2. The van der Waals surface area contributed by atoms with Crippen LogP contribution in [0.25, 0.3) is 0 Å². The van der Waals surface area contributed by atoms with Crippen molar-refractivity contribution in [3.05, 3.63) is 28.2 Å². The van der Waals surface area contributed by atoms with Crippen molar-refractivity contribution >= 4 is 27.7 Å². The minimum atomic E-state index is -0.184. The summed E-state index contributed by atoms with van der Waals surface area (Å²) in [6.07, 6.45) is 4.28. The predicted octanol–water partition coefficient (Wildman–Crippen LogP) is 3.90. The molecule has 2 saturated carbocycles. The number of Topliss-reactive ketones (excluding diaryl/α,β-unsaturated/α-hetero) is 1. The number of carbonyl (C=O) groups is 2. The number of hydrogen-bond acceptors (Lipinski definition) is 4. The highest BCUT2D eigenvalue weighted by Gasteiger charge is 2.41. The van der Waals surface area contributed by atoms with Crippen molar-refractivity contribution in [2.75, 3.05) is 7.11 Å². The molecular formula is C18H21BrO4. The summed E-state index contributed by atoms with van der Waals surface area (Å²) in [5.41, 5.74) is 0.835. The van der Waals surface area contributed by atoms with Crippen molar-refractivity contribution in [1.29, 1.82) is 0 Å². The fourth-order valence-corrected chi connectivity index (χ4v) is 4.21. The van der Waals surface area contributed by atoms with Crippen LogP contribution in [-0.4, -0.2) is 18.9 Å². The third-order valence-electron chi connectivity index (χ3n) is 4.99. The van der Waals surface area contributed by atoms with Crippen LogP contribution in [0.4, 0.5) is 0 Å². The molecule has 0 N–H and O–H groups in total. The molecule has 0 heterocycles. The zero-order chi connectivity index (χ0) is 16.4. The Labute approximate surface area is 144 Å². The van der Waals surface area contributed by atoms with Crippen molar-refractivity contribution in [2.45, 2.75) is 38.7 Å². The quantitative estimate of drug-likeness (QED) is 0.743. The fraction of sp³-hybridized carbons (Fsp3) is 0.556. The second-order valence-corrected chi connectivity index (χ2v) is 7.38. The summed E-state index contributed by atoms with van der Waals surface area (Å²) in [5.74, 6) is 0.893. The molecule has 0 amide bonds. The van der Waals surface area contributed by atoms with Gasteiger partial charge in [-0.05, 0) is 43.9 Å². The van der Waals surface area contributed by atoms with E-state index in [9.17, 15) is 9.59 Å². The van der Waals surface area contributed by atoms with Crippen LogP contribution in [0.3, 0.4) is 0 Å². The topological polar surface area (TPSA) is 52.6 Å². The lowest BCUT2D eigenvalue weighted by Gasteiger charge is -2.36.